The number of halogens is 1. The van der Waals surface area contributed by atoms with Crippen LogP contribution in [0.25, 0.3) is 0 Å². The lowest BCUT2D eigenvalue weighted by atomic mass is 10.1. The molecule has 0 aliphatic rings. The lowest BCUT2D eigenvalue weighted by molar-refractivity contribution is -0.385. The van der Waals surface area contributed by atoms with Crippen LogP contribution in [0.3, 0.4) is 0 Å². The minimum atomic E-state index is -0.511. The van der Waals surface area contributed by atoms with Gasteiger partial charge in [-0.05, 0) is 24.6 Å². The lowest BCUT2D eigenvalue weighted by Gasteiger charge is -2.12. The van der Waals surface area contributed by atoms with Crippen LogP contribution in [-0.2, 0) is 6.61 Å². The van der Waals surface area contributed by atoms with E-state index in [2.05, 4.69) is 0 Å². The minimum Gasteiger partial charge on any atom is -0.488 e. The number of aldehydes is 1. The molecule has 21 heavy (non-hydrogen) atoms. The molecule has 0 fully saturated rings. The van der Waals surface area contributed by atoms with E-state index in [1.54, 1.807) is 31.2 Å². The van der Waals surface area contributed by atoms with Gasteiger partial charge in [0.05, 0.1) is 21.1 Å². The first-order chi connectivity index (χ1) is 10.0. The molecule has 0 spiro atoms. The summed E-state index contributed by atoms with van der Waals surface area (Å²) >= 11 is 6.00. The number of carbonyl (C=O) groups is 1. The van der Waals surface area contributed by atoms with E-state index in [9.17, 15) is 14.9 Å². The molecule has 2 aromatic rings. The first kappa shape index (κ1) is 15.0. The van der Waals surface area contributed by atoms with Gasteiger partial charge in [0.1, 0.15) is 12.4 Å². The quantitative estimate of drug-likeness (QED) is 0.476. The number of hydrogen-bond donors (Lipinski definition) is 0. The van der Waals surface area contributed by atoms with Gasteiger partial charge in [-0.15, -0.1) is 0 Å². The van der Waals surface area contributed by atoms with E-state index in [1.165, 1.54) is 12.1 Å². The highest BCUT2D eigenvalue weighted by Gasteiger charge is 2.18. The van der Waals surface area contributed by atoms with Crippen molar-refractivity contribution in [1.82, 2.24) is 0 Å². The zero-order valence-electron chi connectivity index (χ0n) is 11.2. The number of rotatable bonds is 5. The van der Waals surface area contributed by atoms with E-state index < -0.39 is 4.92 Å². The zero-order valence-corrected chi connectivity index (χ0v) is 12.0. The molecule has 0 aromatic heterocycles. The van der Waals surface area contributed by atoms with E-state index in [0.29, 0.717) is 17.6 Å². The van der Waals surface area contributed by atoms with E-state index in [-0.39, 0.29) is 22.9 Å². The second kappa shape index (κ2) is 6.37. The first-order valence-electron chi connectivity index (χ1n) is 6.14. The Bertz CT molecular complexity index is 700. The summed E-state index contributed by atoms with van der Waals surface area (Å²) in [5.41, 5.74) is 1.34. The molecule has 0 bridgehead atoms. The summed E-state index contributed by atoms with van der Waals surface area (Å²) in [7, 11) is 0. The van der Waals surface area contributed by atoms with Gasteiger partial charge in [-0.1, -0.05) is 29.8 Å². The Morgan fingerprint density at radius 1 is 1.29 bits per heavy atom. The predicted octanol–water partition coefficient (Wildman–Crippen LogP) is 3.95. The average Bonchev–Trinajstić information content (AvgIpc) is 2.46. The number of carbonyl (C=O) groups excluding carboxylic acids is 1. The topological polar surface area (TPSA) is 69.4 Å². The van der Waals surface area contributed by atoms with Crippen molar-refractivity contribution in [2.45, 2.75) is 13.5 Å². The number of nitro benzene ring substituents is 1. The van der Waals surface area contributed by atoms with Crippen LogP contribution in [0.15, 0.2) is 36.4 Å². The highest BCUT2D eigenvalue weighted by atomic mass is 35.5. The van der Waals surface area contributed by atoms with Crippen molar-refractivity contribution < 1.29 is 14.5 Å². The Kier molecular flexibility index (Phi) is 4.55. The SMILES string of the molecule is Cc1cccc(C=O)c1OCc1c(Cl)cccc1[N+](=O)[O-]. The van der Waals surface area contributed by atoms with Crippen LogP contribution in [-0.4, -0.2) is 11.2 Å². The lowest BCUT2D eigenvalue weighted by Crippen LogP contribution is -2.04. The predicted molar refractivity (Wildman–Crippen MR) is 79.0 cm³/mol. The molecule has 2 rings (SSSR count). The molecule has 6 heteroatoms. The first-order valence-corrected chi connectivity index (χ1v) is 6.51. The van der Waals surface area contributed by atoms with Gasteiger partial charge in [-0.25, -0.2) is 0 Å². The van der Waals surface area contributed by atoms with Crippen molar-refractivity contribution in [1.29, 1.82) is 0 Å². The van der Waals surface area contributed by atoms with Crippen LogP contribution in [0.4, 0.5) is 5.69 Å². The summed E-state index contributed by atoms with van der Waals surface area (Å²) in [6.07, 6.45) is 0.684. The summed E-state index contributed by atoms with van der Waals surface area (Å²) in [4.78, 5) is 21.5. The molecule has 0 heterocycles. The van der Waals surface area contributed by atoms with Crippen LogP contribution in [0.1, 0.15) is 21.5 Å². The van der Waals surface area contributed by atoms with Gasteiger partial charge in [0, 0.05) is 6.07 Å². The van der Waals surface area contributed by atoms with Gasteiger partial charge in [0.25, 0.3) is 5.69 Å². The summed E-state index contributed by atoms with van der Waals surface area (Å²) < 4.78 is 5.60. The Morgan fingerprint density at radius 2 is 2.00 bits per heavy atom. The van der Waals surface area contributed by atoms with Gasteiger partial charge in [0.2, 0.25) is 0 Å². The minimum absolute atomic E-state index is 0.0817. The van der Waals surface area contributed by atoms with Crippen molar-refractivity contribution in [3.8, 4) is 5.75 Å². The summed E-state index contributed by atoms with van der Waals surface area (Å²) in [5, 5.41) is 11.3. The van der Waals surface area contributed by atoms with Crippen LogP contribution >= 0.6 is 11.6 Å². The van der Waals surface area contributed by atoms with Gasteiger partial charge < -0.3 is 4.74 Å². The van der Waals surface area contributed by atoms with Crippen LogP contribution < -0.4 is 4.74 Å². The molecule has 0 amide bonds. The van der Waals surface area contributed by atoms with E-state index in [1.807, 2.05) is 0 Å². The zero-order chi connectivity index (χ0) is 15.4. The third-order valence-electron chi connectivity index (χ3n) is 3.02. The molecule has 0 saturated carbocycles. The van der Waals surface area contributed by atoms with Crippen LogP contribution in [0.2, 0.25) is 5.02 Å². The number of aryl methyl sites for hydroxylation is 1. The van der Waals surface area contributed by atoms with Crippen LogP contribution in [0.5, 0.6) is 5.75 Å². The number of ether oxygens (including phenoxy) is 1. The molecule has 0 saturated heterocycles. The molecule has 108 valence electrons. The number of nitrogens with zero attached hydrogens (tertiary/aromatic N) is 1. The highest BCUT2D eigenvalue weighted by Crippen LogP contribution is 2.29. The molecule has 0 radical (unpaired) electrons. The van der Waals surface area contributed by atoms with Crippen LogP contribution in [0, 0.1) is 17.0 Å². The fraction of sp³-hybridized carbons (Fsp3) is 0.133. The maximum absolute atomic E-state index is 11.0. The number of nitro groups is 1. The summed E-state index contributed by atoms with van der Waals surface area (Å²) in [5.74, 6) is 0.404. The van der Waals surface area contributed by atoms with E-state index in [4.69, 9.17) is 16.3 Å². The fourth-order valence-electron chi connectivity index (χ4n) is 1.97. The second-order valence-electron chi connectivity index (χ2n) is 4.39. The Morgan fingerprint density at radius 3 is 2.67 bits per heavy atom. The maximum atomic E-state index is 11.0. The number of para-hydroxylation sites is 1. The third kappa shape index (κ3) is 3.20. The van der Waals surface area contributed by atoms with Crippen molar-refractivity contribution >= 4 is 23.6 Å². The maximum Gasteiger partial charge on any atom is 0.277 e. The number of hydrogen-bond acceptors (Lipinski definition) is 4. The highest BCUT2D eigenvalue weighted by molar-refractivity contribution is 6.31. The number of benzene rings is 2. The molecule has 2 aromatic carbocycles. The van der Waals surface area contributed by atoms with Gasteiger partial charge in [-0.2, -0.15) is 0 Å². The second-order valence-corrected chi connectivity index (χ2v) is 4.80. The van der Waals surface area contributed by atoms with E-state index in [0.717, 1.165) is 5.56 Å². The average molecular weight is 306 g/mol. The monoisotopic (exact) mass is 305 g/mol. The molecule has 0 atom stereocenters. The van der Waals surface area contributed by atoms with Crippen molar-refractivity contribution in [2.75, 3.05) is 0 Å². The smallest absolute Gasteiger partial charge is 0.277 e. The van der Waals surface area contributed by atoms with Gasteiger partial charge >= 0.3 is 0 Å². The molecule has 0 aliphatic carbocycles. The van der Waals surface area contributed by atoms with Gasteiger partial charge in [-0.3, -0.25) is 14.9 Å². The van der Waals surface area contributed by atoms with Crippen molar-refractivity contribution in [3.63, 3.8) is 0 Å². The molecule has 0 unspecified atom stereocenters. The standard InChI is InChI=1S/C15H12ClNO4/c1-10-4-2-5-11(8-18)15(10)21-9-12-13(16)6-3-7-14(12)17(19)20/h2-8H,9H2,1H3. The molecule has 0 aliphatic heterocycles. The van der Waals surface area contributed by atoms with Crippen molar-refractivity contribution in [3.05, 3.63) is 68.2 Å². The van der Waals surface area contributed by atoms with E-state index >= 15 is 0 Å². The fourth-order valence-corrected chi connectivity index (χ4v) is 2.19. The Labute approximate surface area is 126 Å². The Balaban J connectivity index is 2.33. The summed E-state index contributed by atoms with van der Waals surface area (Å²) in [6.45, 7) is 1.71. The molecule has 5 nitrogen and oxygen atoms in total. The largest absolute Gasteiger partial charge is 0.488 e. The van der Waals surface area contributed by atoms with Crippen molar-refractivity contribution in [2.24, 2.45) is 0 Å². The van der Waals surface area contributed by atoms with Gasteiger partial charge in [0.15, 0.2) is 6.29 Å². The molecular formula is C15H12ClNO4. The molecular weight excluding hydrogens is 294 g/mol. The molecule has 0 N–H and O–H groups in total. The Hall–Kier alpha value is -2.40. The third-order valence-corrected chi connectivity index (χ3v) is 3.38. The normalized spacial score (nSPS) is 10.2. The summed E-state index contributed by atoms with van der Waals surface area (Å²) in [6, 6.07) is 9.59.